The number of alkyl carbamates (subject to hydrolysis) is 1. The summed E-state index contributed by atoms with van der Waals surface area (Å²) in [7, 11) is 1.24. The van der Waals surface area contributed by atoms with Gasteiger partial charge in [0.25, 0.3) is 0 Å². The number of ether oxygens (including phenoxy) is 2. The molecule has 0 aromatic heterocycles. The van der Waals surface area contributed by atoms with Crippen LogP contribution in [0.4, 0.5) is 4.79 Å². The molecule has 0 bridgehead atoms. The number of hydrogen-bond donors (Lipinski definition) is 3. The lowest BCUT2D eigenvalue weighted by Gasteiger charge is -2.23. The maximum absolute atomic E-state index is 12.9. The van der Waals surface area contributed by atoms with Crippen molar-refractivity contribution in [1.29, 1.82) is 0 Å². The normalized spacial score (nSPS) is 12.5. The fourth-order valence-electron chi connectivity index (χ4n) is 3.09. The topological polar surface area (TPSA) is 114 Å². The molecule has 0 fully saturated rings. The summed E-state index contributed by atoms with van der Waals surface area (Å²) >= 11 is 0. The summed E-state index contributed by atoms with van der Waals surface area (Å²) < 4.78 is 10.0. The largest absolute Gasteiger partial charge is 0.508 e. The van der Waals surface area contributed by atoms with Crippen LogP contribution in [0.1, 0.15) is 31.4 Å². The Kier molecular flexibility index (Phi) is 9.53. The Hall–Kier alpha value is -3.55. The molecule has 0 aliphatic heterocycles. The Morgan fingerprint density at radius 1 is 0.906 bits per heavy atom. The van der Waals surface area contributed by atoms with E-state index >= 15 is 0 Å². The summed E-state index contributed by atoms with van der Waals surface area (Å²) in [4.78, 5) is 37.5. The Morgan fingerprint density at radius 2 is 1.56 bits per heavy atom. The molecule has 0 saturated heterocycles. The fraction of sp³-hybridized carbons (Fsp3) is 0.375. The summed E-state index contributed by atoms with van der Waals surface area (Å²) in [6, 6.07) is 13.7. The molecule has 0 spiro atoms. The number of esters is 1. The SMILES string of the molecule is COC(=O)[C@@H](Cc1ccc(O)cc1)NC(=O)[C@@H](CC(C)C)NC(=O)OCc1ccccc1. The quantitative estimate of drug-likeness (QED) is 0.488. The molecule has 3 N–H and O–H groups in total. The van der Waals surface area contributed by atoms with E-state index in [2.05, 4.69) is 10.6 Å². The van der Waals surface area contributed by atoms with Crippen LogP contribution in [0, 0.1) is 5.92 Å². The average Bonchev–Trinajstić information content (AvgIpc) is 2.78. The summed E-state index contributed by atoms with van der Waals surface area (Å²) in [5.74, 6) is -0.914. The van der Waals surface area contributed by atoms with Crippen molar-refractivity contribution in [2.45, 2.75) is 45.4 Å². The Bertz CT molecular complexity index is 883. The maximum atomic E-state index is 12.9. The average molecular weight is 443 g/mol. The third-order valence-electron chi connectivity index (χ3n) is 4.71. The highest BCUT2D eigenvalue weighted by atomic mass is 16.5. The van der Waals surface area contributed by atoms with Gasteiger partial charge in [-0.3, -0.25) is 4.79 Å². The molecule has 172 valence electrons. The molecule has 0 saturated carbocycles. The zero-order chi connectivity index (χ0) is 23.5. The Morgan fingerprint density at radius 3 is 2.16 bits per heavy atom. The van der Waals surface area contributed by atoms with Gasteiger partial charge in [-0.15, -0.1) is 0 Å². The second-order valence-corrected chi connectivity index (χ2v) is 7.84. The number of benzene rings is 2. The standard InChI is InChI=1S/C24H30N2O6/c1-16(2)13-20(26-24(30)32-15-18-7-5-4-6-8-18)22(28)25-21(23(29)31-3)14-17-9-11-19(27)12-10-17/h4-12,16,20-21,27H,13-15H2,1-3H3,(H,25,28)(H,26,30)/t20-,21-/m1/s1. The zero-order valence-electron chi connectivity index (χ0n) is 18.5. The van der Waals surface area contributed by atoms with Gasteiger partial charge >= 0.3 is 12.1 Å². The van der Waals surface area contributed by atoms with Gasteiger partial charge in [-0.05, 0) is 35.6 Å². The number of amides is 2. The Labute approximate surface area is 187 Å². The van der Waals surface area contributed by atoms with Crippen LogP contribution in [0.5, 0.6) is 5.75 Å². The monoisotopic (exact) mass is 442 g/mol. The molecule has 0 unspecified atom stereocenters. The van der Waals surface area contributed by atoms with E-state index in [1.54, 1.807) is 12.1 Å². The summed E-state index contributed by atoms with van der Waals surface area (Å²) in [5.41, 5.74) is 1.56. The number of methoxy groups -OCH3 is 1. The molecule has 0 aliphatic rings. The van der Waals surface area contributed by atoms with E-state index in [0.717, 1.165) is 11.1 Å². The molecule has 2 aromatic rings. The molecule has 8 heteroatoms. The number of phenolic OH excluding ortho intramolecular Hbond substituents is 1. The second-order valence-electron chi connectivity index (χ2n) is 7.84. The molecule has 2 rings (SSSR count). The molecule has 2 atom stereocenters. The van der Waals surface area contributed by atoms with E-state index in [1.807, 2.05) is 44.2 Å². The summed E-state index contributed by atoms with van der Waals surface area (Å²) in [6.07, 6.45) is -0.187. The van der Waals surface area contributed by atoms with Crippen LogP contribution in [-0.2, 0) is 32.1 Å². The highest BCUT2D eigenvalue weighted by molar-refractivity contribution is 5.89. The first kappa shape index (κ1) is 24.7. The highest BCUT2D eigenvalue weighted by Crippen LogP contribution is 2.13. The van der Waals surface area contributed by atoms with Gasteiger partial charge in [-0.25, -0.2) is 9.59 Å². The number of aromatic hydroxyl groups is 1. The van der Waals surface area contributed by atoms with Crippen molar-refractivity contribution in [2.24, 2.45) is 5.92 Å². The molecule has 32 heavy (non-hydrogen) atoms. The van der Waals surface area contributed by atoms with Crippen LogP contribution < -0.4 is 10.6 Å². The van der Waals surface area contributed by atoms with Crippen molar-refractivity contribution in [1.82, 2.24) is 10.6 Å². The fourth-order valence-corrected chi connectivity index (χ4v) is 3.09. The molecular formula is C24H30N2O6. The third kappa shape index (κ3) is 8.29. The van der Waals surface area contributed by atoms with Crippen molar-refractivity contribution in [2.75, 3.05) is 7.11 Å². The molecule has 0 radical (unpaired) electrons. The van der Waals surface area contributed by atoms with Crippen LogP contribution in [-0.4, -0.2) is 42.3 Å². The zero-order valence-corrected chi connectivity index (χ0v) is 18.5. The van der Waals surface area contributed by atoms with E-state index in [9.17, 15) is 19.5 Å². The lowest BCUT2D eigenvalue weighted by atomic mass is 10.0. The minimum Gasteiger partial charge on any atom is -0.508 e. The molecule has 0 aliphatic carbocycles. The van der Waals surface area contributed by atoms with Crippen LogP contribution in [0.2, 0.25) is 0 Å². The molecule has 2 aromatic carbocycles. The van der Waals surface area contributed by atoms with Crippen LogP contribution in [0.15, 0.2) is 54.6 Å². The number of carbonyl (C=O) groups excluding carboxylic acids is 3. The first-order chi connectivity index (χ1) is 15.3. The number of nitrogens with one attached hydrogen (secondary N) is 2. The van der Waals surface area contributed by atoms with Crippen LogP contribution in [0.25, 0.3) is 0 Å². The van der Waals surface area contributed by atoms with Gasteiger partial charge in [0.1, 0.15) is 24.4 Å². The first-order valence-electron chi connectivity index (χ1n) is 10.4. The van der Waals surface area contributed by atoms with Crippen molar-refractivity contribution < 1.29 is 29.0 Å². The van der Waals surface area contributed by atoms with Crippen molar-refractivity contribution in [3.05, 3.63) is 65.7 Å². The number of hydrogen-bond acceptors (Lipinski definition) is 6. The van der Waals surface area contributed by atoms with Crippen molar-refractivity contribution >= 4 is 18.0 Å². The number of rotatable bonds is 10. The van der Waals surface area contributed by atoms with E-state index in [4.69, 9.17) is 9.47 Å². The van der Waals surface area contributed by atoms with Crippen LogP contribution >= 0.6 is 0 Å². The minimum absolute atomic E-state index is 0.0777. The number of carbonyl (C=O) groups is 3. The third-order valence-corrected chi connectivity index (χ3v) is 4.71. The Balaban J connectivity index is 2.03. The smallest absolute Gasteiger partial charge is 0.408 e. The van der Waals surface area contributed by atoms with E-state index < -0.39 is 30.1 Å². The predicted octanol–water partition coefficient (Wildman–Crippen LogP) is 2.93. The molecular weight excluding hydrogens is 412 g/mol. The van der Waals surface area contributed by atoms with Crippen molar-refractivity contribution in [3.8, 4) is 5.75 Å². The molecule has 2 amide bonds. The second kappa shape index (κ2) is 12.3. The van der Waals surface area contributed by atoms with Crippen molar-refractivity contribution in [3.63, 3.8) is 0 Å². The van der Waals surface area contributed by atoms with Gasteiger partial charge < -0.3 is 25.2 Å². The van der Waals surface area contributed by atoms with Gasteiger partial charge in [0.15, 0.2) is 0 Å². The van der Waals surface area contributed by atoms with E-state index in [-0.39, 0.29) is 24.7 Å². The van der Waals surface area contributed by atoms with Gasteiger partial charge in [0.05, 0.1) is 7.11 Å². The van der Waals surface area contributed by atoms with E-state index in [1.165, 1.54) is 19.2 Å². The highest BCUT2D eigenvalue weighted by Gasteiger charge is 2.28. The van der Waals surface area contributed by atoms with Crippen LogP contribution in [0.3, 0.4) is 0 Å². The molecule has 0 heterocycles. The lowest BCUT2D eigenvalue weighted by molar-refractivity contribution is -0.145. The van der Waals surface area contributed by atoms with Gasteiger partial charge in [0, 0.05) is 6.42 Å². The summed E-state index contributed by atoms with van der Waals surface area (Å²) in [5, 5.41) is 14.7. The van der Waals surface area contributed by atoms with Gasteiger partial charge in [-0.2, -0.15) is 0 Å². The predicted molar refractivity (Wildman–Crippen MR) is 119 cm³/mol. The number of phenols is 1. The summed E-state index contributed by atoms with van der Waals surface area (Å²) in [6.45, 7) is 3.92. The van der Waals surface area contributed by atoms with E-state index in [0.29, 0.717) is 6.42 Å². The van der Waals surface area contributed by atoms with Gasteiger partial charge in [0.2, 0.25) is 5.91 Å². The minimum atomic E-state index is -0.950. The molecule has 8 nitrogen and oxygen atoms in total. The van der Waals surface area contributed by atoms with Gasteiger partial charge in [-0.1, -0.05) is 56.3 Å². The lowest BCUT2D eigenvalue weighted by Crippen LogP contribution is -2.53. The first-order valence-corrected chi connectivity index (χ1v) is 10.4. The maximum Gasteiger partial charge on any atom is 0.408 e.